The second kappa shape index (κ2) is 5.29. The van der Waals surface area contributed by atoms with Gasteiger partial charge in [-0.1, -0.05) is 15.9 Å². The van der Waals surface area contributed by atoms with E-state index in [0.29, 0.717) is 5.75 Å². The van der Waals surface area contributed by atoms with Crippen LogP contribution in [0.1, 0.15) is 10.9 Å². The van der Waals surface area contributed by atoms with Crippen molar-refractivity contribution < 1.29 is 14.6 Å². The van der Waals surface area contributed by atoms with Gasteiger partial charge < -0.3 is 9.84 Å². The summed E-state index contributed by atoms with van der Waals surface area (Å²) >= 11 is 5.06. The first-order chi connectivity index (χ1) is 8.11. The van der Waals surface area contributed by atoms with Gasteiger partial charge >= 0.3 is 5.97 Å². The normalized spacial score (nSPS) is 23.6. The van der Waals surface area contributed by atoms with Crippen molar-refractivity contribution in [3.05, 3.63) is 28.2 Å². The van der Waals surface area contributed by atoms with Gasteiger partial charge in [0.1, 0.15) is 11.8 Å². The van der Waals surface area contributed by atoms with Gasteiger partial charge in [-0.05, 0) is 23.8 Å². The molecule has 1 heterocycles. The smallest absolute Gasteiger partial charge is 0.321 e. The van der Waals surface area contributed by atoms with E-state index in [-0.39, 0.29) is 5.37 Å². The topological polar surface area (TPSA) is 58.6 Å². The number of methoxy groups -OCH3 is 1. The summed E-state index contributed by atoms with van der Waals surface area (Å²) in [5, 5.41) is 12.0. The number of aliphatic carboxylic acids is 1. The van der Waals surface area contributed by atoms with Gasteiger partial charge in [-0.15, -0.1) is 11.8 Å². The van der Waals surface area contributed by atoms with Crippen molar-refractivity contribution in [2.45, 2.75) is 11.4 Å². The van der Waals surface area contributed by atoms with Crippen LogP contribution >= 0.6 is 27.7 Å². The first-order valence-corrected chi connectivity index (χ1v) is 6.90. The molecular weight excluding hydrogens is 306 g/mol. The Morgan fingerprint density at radius 3 is 3.00 bits per heavy atom. The molecule has 1 fully saturated rings. The van der Waals surface area contributed by atoms with Crippen molar-refractivity contribution in [2.75, 3.05) is 12.9 Å². The minimum Gasteiger partial charge on any atom is -0.497 e. The number of halogens is 1. The summed E-state index contributed by atoms with van der Waals surface area (Å²) in [6.07, 6.45) is 0. The number of rotatable bonds is 3. The maximum atomic E-state index is 10.9. The number of carbonyl (C=O) groups is 1. The Labute approximate surface area is 112 Å². The zero-order chi connectivity index (χ0) is 12.4. The number of thioether (sulfide) groups is 1. The number of benzene rings is 1. The molecule has 1 aromatic carbocycles. The third-order valence-corrected chi connectivity index (χ3v) is 4.54. The van der Waals surface area contributed by atoms with Gasteiger partial charge in [-0.3, -0.25) is 10.1 Å². The Bertz CT molecular complexity index is 441. The van der Waals surface area contributed by atoms with Gasteiger partial charge in [-0.25, -0.2) is 0 Å². The molecule has 1 aliphatic heterocycles. The largest absolute Gasteiger partial charge is 0.497 e. The highest BCUT2D eigenvalue weighted by Crippen LogP contribution is 2.38. The first kappa shape index (κ1) is 12.7. The van der Waals surface area contributed by atoms with E-state index in [1.54, 1.807) is 18.9 Å². The second-order valence-corrected chi connectivity index (χ2v) is 5.65. The lowest BCUT2D eigenvalue weighted by atomic mass is 10.2. The molecule has 17 heavy (non-hydrogen) atoms. The van der Waals surface area contributed by atoms with Crippen LogP contribution in [0.25, 0.3) is 0 Å². The molecule has 1 aromatic rings. The summed E-state index contributed by atoms with van der Waals surface area (Å²) in [5.41, 5.74) is 1.01. The average Bonchev–Trinajstić information content (AvgIpc) is 2.79. The van der Waals surface area contributed by atoms with Crippen LogP contribution in [0.5, 0.6) is 5.75 Å². The van der Waals surface area contributed by atoms with Crippen molar-refractivity contribution in [1.29, 1.82) is 0 Å². The van der Waals surface area contributed by atoms with E-state index in [4.69, 9.17) is 9.84 Å². The van der Waals surface area contributed by atoms with E-state index < -0.39 is 12.0 Å². The van der Waals surface area contributed by atoms with Crippen molar-refractivity contribution in [1.82, 2.24) is 5.32 Å². The Morgan fingerprint density at radius 2 is 2.41 bits per heavy atom. The van der Waals surface area contributed by atoms with E-state index in [1.165, 1.54) is 0 Å². The molecule has 2 rings (SSSR count). The first-order valence-electron chi connectivity index (χ1n) is 5.05. The molecule has 2 N–H and O–H groups in total. The fourth-order valence-electron chi connectivity index (χ4n) is 1.64. The third-order valence-electron chi connectivity index (χ3n) is 2.57. The molecule has 0 aliphatic carbocycles. The second-order valence-electron chi connectivity index (χ2n) is 3.66. The lowest BCUT2D eigenvalue weighted by Crippen LogP contribution is -2.33. The van der Waals surface area contributed by atoms with E-state index in [9.17, 15) is 4.79 Å². The van der Waals surface area contributed by atoms with Crippen molar-refractivity contribution in [3.63, 3.8) is 0 Å². The van der Waals surface area contributed by atoms with Crippen LogP contribution in [-0.2, 0) is 4.79 Å². The molecule has 0 aromatic heterocycles. The molecule has 1 aliphatic rings. The highest BCUT2D eigenvalue weighted by Gasteiger charge is 2.31. The number of carboxylic acid groups (broad SMARTS) is 1. The Morgan fingerprint density at radius 1 is 1.65 bits per heavy atom. The van der Waals surface area contributed by atoms with Crippen molar-refractivity contribution >= 4 is 33.7 Å². The van der Waals surface area contributed by atoms with Crippen LogP contribution in [0.4, 0.5) is 0 Å². The monoisotopic (exact) mass is 317 g/mol. The Balaban J connectivity index is 2.20. The number of carboxylic acids is 1. The molecule has 2 atom stereocenters. The summed E-state index contributed by atoms with van der Waals surface area (Å²) < 4.78 is 6.12. The van der Waals surface area contributed by atoms with E-state index in [2.05, 4.69) is 21.2 Å². The average molecular weight is 318 g/mol. The molecule has 0 amide bonds. The molecule has 0 radical (unpaired) electrons. The van der Waals surface area contributed by atoms with Crippen LogP contribution in [0.3, 0.4) is 0 Å². The Kier molecular flexibility index (Phi) is 3.96. The lowest BCUT2D eigenvalue weighted by molar-refractivity contribution is -0.138. The number of hydrogen-bond donors (Lipinski definition) is 2. The molecule has 0 bridgehead atoms. The molecule has 6 heteroatoms. The fraction of sp³-hybridized carbons (Fsp3) is 0.364. The van der Waals surface area contributed by atoms with Crippen molar-refractivity contribution in [2.24, 2.45) is 0 Å². The number of nitrogens with one attached hydrogen (secondary N) is 1. The van der Waals surface area contributed by atoms with Gasteiger partial charge in [0.2, 0.25) is 0 Å². The highest BCUT2D eigenvalue weighted by atomic mass is 79.9. The van der Waals surface area contributed by atoms with Gasteiger partial charge in [0.05, 0.1) is 12.5 Å². The van der Waals surface area contributed by atoms with Crippen LogP contribution < -0.4 is 10.1 Å². The lowest BCUT2D eigenvalue weighted by Gasteiger charge is -2.14. The highest BCUT2D eigenvalue weighted by molar-refractivity contribution is 9.10. The van der Waals surface area contributed by atoms with Crippen LogP contribution in [-0.4, -0.2) is 30.0 Å². The van der Waals surface area contributed by atoms with Crippen LogP contribution in [0.2, 0.25) is 0 Å². The maximum Gasteiger partial charge on any atom is 0.321 e. The standard InChI is InChI=1S/C11H12BrNO3S/c1-16-6-2-3-8(12)7(4-6)10-13-9(5-17-10)11(14)15/h2-4,9-10,13H,5H2,1H3,(H,14,15)/t9-,10?/m1/s1. The quantitative estimate of drug-likeness (QED) is 0.895. The molecule has 1 unspecified atom stereocenters. The van der Waals surface area contributed by atoms with E-state index in [1.807, 2.05) is 18.2 Å². The Hall–Kier alpha value is -0.720. The molecule has 92 valence electrons. The van der Waals surface area contributed by atoms with Crippen LogP contribution in [0, 0.1) is 0 Å². The SMILES string of the molecule is COc1ccc(Br)c(C2N[C@@H](C(=O)O)CS2)c1. The summed E-state index contributed by atoms with van der Waals surface area (Å²) in [5.74, 6) is 0.535. The van der Waals surface area contributed by atoms with Crippen LogP contribution in [0.15, 0.2) is 22.7 Å². The summed E-state index contributed by atoms with van der Waals surface area (Å²) in [4.78, 5) is 10.9. The summed E-state index contributed by atoms with van der Waals surface area (Å²) in [6, 6.07) is 5.20. The number of hydrogen-bond acceptors (Lipinski definition) is 4. The van der Waals surface area contributed by atoms with Gasteiger partial charge in [0.15, 0.2) is 0 Å². The summed E-state index contributed by atoms with van der Waals surface area (Å²) in [6.45, 7) is 0. The molecule has 1 saturated heterocycles. The fourth-order valence-corrected chi connectivity index (χ4v) is 3.53. The van der Waals surface area contributed by atoms with Gasteiger partial charge in [-0.2, -0.15) is 0 Å². The molecular formula is C11H12BrNO3S. The van der Waals surface area contributed by atoms with E-state index >= 15 is 0 Å². The minimum atomic E-state index is -0.806. The molecule has 0 spiro atoms. The predicted molar refractivity (Wildman–Crippen MR) is 70.5 cm³/mol. The third kappa shape index (κ3) is 2.75. The summed E-state index contributed by atoms with van der Waals surface area (Å²) in [7, 11) is 1.61. The zero-order valence-electron chi connectivity index (χ0n) is 9.14. The molecule has 0 saturated carbocycles. The number of ether oxygens (including phenoxy) is 1. The molecule has 4 nitrogen and oxygen atoms in total. The predicted octanol–water partition coefficient (Wildman–Crippen LogP) is 2.25. The van der Waals surface area contributed by atoms with Gasteiger partial charge in [0.25, 0.3) is 0 Å². The van der Waals surface area contributed by atoms with Crippen molar-refractivity contribution in [3.8, 4) is 5.75 Å². The zero-order valence-corrected chi connectivity index (χ0v) is 11.5. The van der Waals surface area contributed by atoms with Gasteiger partial charge in [0, 0.05) is 10.2 Å². The minimum absolute atomic E-state index is 0.0134. The maximum absolute atomic E-state index is 10.9. The van der Waals surface area contributed by atoms with E-state index in [0.717, 1.165) is 15.8 Å².